The molecule has 1 aromatic heterocycles. The van der Waals surface area contributed by atoms with Gasteiger partial charge in [-0.25, -0.2) is 0 Å². The summed E-state index contributed by atoms with van der Waals surface area (Å²) in [5, 5.41) is 3.50. The smallest absolute Gasteiger partial charge is 0.270 e. The number of aromatic nitrogens is 1. The molecule has 1 unspecified atom stereocenters. The molecule has 4 nitrogen and oxygen atoms in total. The van der Waals surface area contributed by atoms with Crippen molar-refractivity contribution in [2.45, 2.75) is 58.5 Å². The number of amides is 1. The van der Waals surface area contributed by atoms with E-state index in [2.05, 4.69) is 23.7 Å². The van der Waals surface area contributed by atoms with Crippen LogP contribution in [-0.4, -0.2) is 41.1 Å². The molecule has 118 valence electrons. The zero-order chi connectivity index (χ0) is 15.1. The molecule has 1 fully saturated rings. The molecule has 0 radical (unpaired) electrons. The SMILES string of the molecule is CCCCN(CC1CCCN1)C(=O)c1cccn1CCC. The number of carbonyl (C=O) groups is 1. The number of carbonyl (C=O) groups excluding carboxylic acids is 1. The maximum Gasteiger partial charge on any atom is 0.270 e. The summed E-state index contributed by atoms with van der Waals surface area (Å²) < 4.78 is 2.09. The minimum atomic E-state index is 0.190. The Kier molecular flexibility index (Phi) is 6.30. The van der Waals surface area contributed by atoms with Crippen LogP contribution in [0.3, 0.4) is 0 Å². The molecule has 1 atom stereocenters. The molecule has 1 N–H and O–H groups in total. The van der Waals surface area contributed by atoms with Gasteiger partial charge in [-0.3, -0.25) is 4.79 Å². The third-order valence-corrected chi connectivity index (χ3v) is 4.19. The summed E-state index contributed by atoms with van der Waals surface area (Å²) in [5.41, 5.74) is 0.839. The summed E-state index contributed by atoms with van der Waals surface area (Å²) in [6.45, 7) is 8.03. The van der Waals surface area contributed by atoms with Crippen molar-refractivity contribution in [2.75, 3.05) is 19.6 Å². The van der Waals surface area contributed by atoms with Gasteiger partial charge in [0.15, 0.2) is 0 Å². The molecule has 1 saturated heterocycles. The van der Waals surface area contributed by atoms with Crippen LogP contribution in [-0.2, 0) is 6.54 Å². The molecular formula is C17H29N3O. The van der Waals surface area contributed by atoms with Gasteiger partial charge in [0.2, 0.25) is 0 Å². The van der Waals surface area contributed by atoms with Crippen molar-refractivity contribution in [2.24, 2.45) is 0 Å². The van der Waals surface area contributed by atoms with Crippen LogP contribution in [0.4, 0.5) is 0 Å². The lowest BCUT2D eigenvalue weighted by atomic mass is 10.2. The number of unbranched alkanes of at least 4 members (excludes halogenated alkanes) is 1. The van der Waals surface area contributed by atoms with Gasteiger partial charge in [0.05, 0.1) is 0 Å². The first-order chi connectivity index (χ1) is 10.3. The lowest BCUT2D eigenvalue weighted by molar-refractivity contribution is 0.0728. The Morgan fingerprint density at radius 3 is 2.95 bits per heavy atom. The van der Waals surface area contributed by atoms with E-state index in [-0.39, 0.29) is 5.91 Å². The molecule has 1 aromatic rings. The van der Waals surface area contributed by atoms with Gasteiger partial charge >= 0.3 is 0 Å². The van der Waals surface area contributed by atoms with Crippen LogP contribution in [0.5, 0.6) is 0 Å². The van der Waals surface area contributed by atoms with Crippen LogP contribution in [0.2, 0.25) is 0 Å². The predicted molar refractivity (Wildman–Crippen MR) is 86.6 cm³/mol. The molecule has 1 aliphatic rings. The van der Waals surface area contributed by atoms with Crippen LogP contribution >= 0.6 is 0 Å². The topological polar surface area (TPSA) is 37.3 Å². The van der Waals surface area contributed by atoms with Crippen LogP contribution in [0, 0.1) is 0 Å². The second kappa shape index (κ2) is 8.23. The maximum absolute atomic E-state index is 12.9. The molecule has 0 aromatic carbocycles. The van der Waals surface area contributed by atoms with Gasteiger partial charge in [-0.2, -0.15) is 0 Å². The molecule has 0 spiro atoms. The van der Waals surface area contributed by atoms with E-state index in [4.69, 9.17) is 0 Å². The fourth-order valence-corrected chi connectivity index (χ4v) is 3.01. The Bertz CT molecular complexity index is 435. The molecule has 2 rings (SSSR count). The molecule has 4 heteroatoms. The van der Waals surface area contributed by atoms with Crippen LogP contribution in [0.15, 0.2) is 18.3 Å². The van der Waals surface area contributed by atoms with Gasteiger partial charge in [0.25, 0.3) is 5.91 Å². The van der Waals surface area contributed by atoms with Gasteiger partial charge in [0.1, 0.15) is 5.69 Å². The summed E-state index contributed by atoms with van der Waals surface area (Å²) in [4.78, 5) is 14.9. The van der Waals surface area contributed by atoms with Crippen molar-refractivity contribution in [1.82, 2.24) is 14.8 Å². The van der Waals surface area contributed by atoms with Crippen molar-refractivity contribution in [3.8, 4) is 0 Å². The first-order valence-electron chi connectivity index (χ1n) is 8.44. The summed E-state index contributed by atoms with van der Waals surface area (Å²) in [5.74, 6) is 0.190. The second-order valence-corrected chi connectivity index (χ2v) is 5.98. The third-order valence-electron chi connectivity index (χ3n) is 4.19. The van der Waals surface area contributed by atoms with Crippen LogP contribution < -0.4 is 5.32 Å². The lowest BCUT2D eigenvalue weighted by Gasteiger charge is -2.26. The fraction of sp³-hybridized carbons (Fsp3) is 0.706. The maximum atomic E-state index is 12.9. The van der Waals surface area contributed by atoms with E-state index in [0.29, 0.717) is 6.04 Å². The minimum Gasteiger partial charge on any atom is -0.344 e. The number of hydrogen-bond acceptors (Lipinski definition) is 2. The highest BCUT2D eigenvalue weighted by atomic mass is 16.2. The Hall–Kier alpha value is -1.29. The molecule has 2 heterocycles. The van der Waals surface area contributed by atoms with Gasteiger partial charge in [0, 0.05) is 31.9 Å². The van der Waals surface area contributed by atoms with Crippen LogP contribution in [0.1, 0.15) is 56.4 Å². The Morgan fingerprint density at radius 2 is 2.29 bits per heavy atom. The van der Waals surface area contributed by atoms with E-state index in [0.717, 1.165) is 51.1 Å². The average Bonchev–Trinajstić information content (AvgIpc) is 3.14. The Labute approximate surface area is 128 Å². The van der Waals surface area contributed by atoms with Crippen molar-refractivity contribution in [3.05, 3.63) is 24.0 Å². The highest BCUT2D eigenvalue weighted by Crippen LogP contribution is 2.13. The second-order valence-electron chi connectivity index (χ2n) is 5.98. The van der Waals surface area contributed by atoms with E-state index >= 15 is 0 Å². The van der Waals surface area contributed by atoms with E-state index in [1.807, 2.05) is 23.2 Å². The molecule has 1 amide bonds. The first-order valence-corrected chi connectivity index (χ1v) is 8.44. The number of nitrogens with zero attached hydrogens (tertiary/aromatic N) is 2. The standard InChI is InChI=1S/C17H29N3O/c1-3-5-12-20(14-15-8-6-10-18-15)17(21)16-9-7-13-19(16)11-4-2/h7,9,13,15,18H,3-6,8,10-12,14H2,1-2H3. The highest BCUT2D eigenvalue weighted by molar-refractivity contribution is 5.92. The zero-order valence-corrected chi connectivity index (χ0v) is 13.5. The number of aryl methyl sites for hydroxylation is 1. The van der Waals surface area contributed by atoms with Gasteiger partial charge in [-0.1, -0.05) is 20.3 Å². The summed E-state index contributed by atoms with van der Waals surface area (Å²) >= 11 is 0. The first kappa shape index (κ1) is 16.1. The van der Waals surface area contributed by atoms with Gasteiger partial charge in [-0.15, -0.1) is 0 Å². The molecule has 1 aliphatic heterocycles. The van der Waals surface area contributed by atoms with Crippen molar-refractivity contribution < 1.29 is 4.79 Å². The lowest BCUT2D eigenvalue weighted by Crippen LogP contribution is -2.42. The van der Waals surface area contributed by atoms with Crippen LogP contribution in [0.25, 0.3) is 0 Å². The molecule has 0 bridgehead atoms. The van der Waals surface area contributed by atoms with Crippen molar-refractivity contribution in [1.29, 1.82) is 0 Å². The van der Waals surface area contributed by atoms with E-state index in [9.17, 15) is 4.79 Å². The van der Waals surface area contributed by atoms with E-state index in [1.165, 1.54) is 12.8 Å². The number of rotatable bonds is 8. The molecule has 21 heavy (non-hydrogen) atoms. The zero-order valence-electron chi connectivity index (χ0n) is 13.5. The minimum absolute atomic E-state index is 0.190. The molecular weight excluding hydrogens is 262 g/mol. The van der Waals surface area contributed by atoms with Crippen molar-refractivity contribution in [3.63, 3.8) is 0 Å². The van der Waals surface area contributed by atoms with E-state index < -0.39 is 0 Å². The quantitative estimate of drug-likeness (QED) is 0.799. The van der Waals surface area contributed by atoms with E-state index in [1.54, 1.807) is 0 Å². The van der Waals surface area contributed by atoms with Gasteiger partial charge < -0.3 is 14.8 Å². The summed E-state index contributed by atoms with van der Waals surface area (Å²) in [6, 6.07) is 4.41. The normalized spacial score (nSPS) is 18.1. The number of nitrogens with one attached hydrogen (secondary N) is 1. The van der Waals surface area contributed by atoms with Gasteiger partial charge in [-0.05, 0) is 44.4 Å². The predicted octanol–water partition coefficient (Wildman–Crippen LogP) is 2.89. The Morgan fingerprint density at radius 1 is 1.43 bits per heavy atom. The summed E-state index contributed by atoms with van der Waals surface area (Å²) in [7, 11) is 0. The largest absolute Gasteiger partial charge is 0.344 e. The highest BCUT2D eigenvalue weighted by Gasteiger charge is 2.23. The Balaban J connectivity index is 2.06. The molecule has 0 saturated carbocycles. The fourth-order valence-electron chi connectivity index (χ4n) is 3.01. The number of hydrogen-bond donors (Lipinski definition) is 1. The average molecular weight is 291 g/mol. The third kappa shape index (κ3) is 4.34. The summed E-state index contributed by atoms with van der Waals surface area (Å²) in [6.07, 6.45) is 7.68. The molecule has 0 aliphatic carbocycles. The monoisotopic (exact) mass is 291 g/mol. The van der Waals surface area contributed by atoms with Crippen molar-refractivity contribution >= 4 is 5.91 Å².